The van der Waals surface area contributed by atoms with E-state index in [2.05, 4.69) is 15.9 Å². The van der Waals surface area contributed by atoms with Crippen LogP contribution in [-0.4, -0.2) is 0 Å². The fourth-order valence-corrected chi connectivity index (χ4v) is 2.44. The second kappa shape index (κ2) is 4.92. The highest BCUT2D eigenvalue weighted by Gasteiger charge is 2.13. The van der Waals surface area contributed by atoms with Crippen LogP contribution in [-0.2, 0) is 0 Å². The lowest BCUT2D eigenvalue weighted by Crippen LogP contribution is -1.90. The van der Waals surface area contributed by atoms with Crippen molar-refractivity contribution in [2.24, 2.45) is 0 Å². The van der Waals surface area contributed by atoms with Gasteiger partial charge in [0, 0.05) is 14.5 Å². The first-order chi connectivity index (χ1) is 7.97. The molecule has 0 saturated carbocycles. The van der Waals surface area contributed by atoms with Crippen LogP contribution in [0.2, 0.25) is 10.0 Å². The van der Waals surface area contributed by atoms with Crippen molar-refractivity contribution in [3.05, 3.63) is 56.5 Å². The van der Waals surface area contributed by atoms with E-state index in [1.807, 2.05) is 0 Å². The van der Waals surface area contributed by atoms with Gasteiger partial charge in [-0.05, 0) is 35.9 Å². The van der Waals surface area contributed by atoms with Gasteiger partial charge in [0.1, 0.15) is 11.6 Å². The van der Waals surface area contributed by atoms with Crippen molar-refractivity contribution in [2.45, 2.75) is 0 Å². The van der Waals surface area contributed by atoms with E-state index in [9.17, 15) is 8.78 Å². The summed E-state index contributed by atoms with van der Waals surface area (Å²) in [6, 6.07) is 6.80. The monoisotopic (exact) mass is 336 g/mol. The van der Waals surface area contributed by atoms with Gasteiger partial charge in [0.05, 0.1) is 5.56 Å². The molecule has 2 aromatic rings. The minimum absolute atomic E-state index is 0.141. The average Bonchev–Trinajstić information content (AvgIpc) is 2.13. The molecule has 0 aliphatic heterocycles. The molecule has 0 saturated heterocycles. The summed E-state index contributed by atoms with van der Waals surface area (Å²) in [5.41, 5.74) is 0.169. The Bertz CT molecular complexity index is 541. The molecule has 0 aliphatic carbocycles. The Morgan fingerprint density at radius 2 is 1.29 bits per heavy atom. The summed E-state index contributed by atoms with van der Waals surface area (Å²) in [6.45, 7) is 0. The van der Waals surface area contributed by atoms with Crippen LogP contribution in [0.15, 0.2) is 34.8 Å². The van der Waals surface area contributed by atoms with E-state index in [-0.39, 0.29) is 5.56 Å². The van der Waals surface area contributed by atoms with Crippen LogP contribution in [0.5, 0.6) is 0 Å². The Balaban J connectivity index is 2.68. The zero-order valence-electron chi connectivity index (χ0n) is 8.28. The van der Waals surface area contributed by atoms with Gasteiger partial charge in [-0.1, -0.05) is 39.1 Å². The van der Waals surface area contributed by atoms with E-state index in [0.29, 0.717) is 20.1 Å². The summed E-state index contributed by atoms with van der Waals surface area (Å²) >= 11 is 14.6. The molecule has 0 amide bonds. The highest BCUT2D eigenvalue weighted by molar-refractivity contribution is 9.10. The lowest BCUT2D eigenvalue weighted by Gasteiger charge is -2.07. The standard InChI is InChI=1S/C12H5BrCl2F2/c13-7-3-10(16)12(11(17)4-7)6-1-8(14)5-9(15)2-6/h1-5H. The predicted octanol–water partition coefficient (Wildman–Crippen LogP) is 5.70. The Hall–Kier alpha value is -0.640. The molecule has 0 unspecified atom stereocenters. The van der Waals surface area contributed by atoms with Crippen molar-refractivity contribution in [2.75, 3.05) is 0 Å². The maximum Gasteiger partial charge on any atom is 0.135 e. The summed E-state index contributed by atoms with van der Waals surface area (Å²) in [7, 11) is 0. The molecule has 0 radical (unpaired) electrons. The van der Waals surface area contributed by atoms with Gasteiger partial charge in [-0.2, -0.15) is 0 Å². The van der Waals surface area contributed by atoms with Gasteiger partial charge < -0.3 is 0 Å². The molecule has 2 aromatic carbocycles. The average molecular weight is 338 g/mol. The van der Waals surface area contributed by atoms with Crippen molar-refractivity contribution >= 4 is 39.1 Å². The van der Waals surface area contributed by atoms with Crippen LogP contribution in [0.3, 0.4) is 0 Å². The molecule has 0 fully saturated rings. The molecule has 0 aliphatic rings. The first-order valence-electron chi connectivity index (χ1n) is 4.58. The summed E-state index contributed by atoms with van der Waals surface area (Å²) in [5.74, 6) is -1.34. The first kappa shape index (κ1) is 12.8. The molecular weight excluding hydrogens is 333 g/mol. The molecule has 0 N–H and O–H groups in total. The van der Waals surface area contributed by atoms with Crippen LogP contribution in [0.1, 0.15) is 0 Å². The molecule has 88 valence electrons. The van der Waals surface area contributed by atoms with Crippen molar-refractivity contribution in [1.29, 1.82) is 0 Å². The lowest BCUT2D eigenvalue weighted by atomic mass is 10.0. The number of halogens is 5. The Morgan fingerprint density at radius 1 is 0.824 bits per heavy atom. The molecular formula is C12H5BrCl2F2. The van der Waals surface area contributed by atoms with Crippen LogP contribution in [0, 0.1) is 11.6 Å². The first-order valence-corrected chi connectivity index (χ1v) is 6.13. The number of benzene rings is 2. The van der Waals surface area contributed by atoms with Crippen molar-refractivity contribution in [3.63, 3.8) is 0 Å². The van der Waals surface area contributed by atoms with E-state index in [1.165, 1.54) is 30.3 Å². The van der Waals surface area contributed by atoms with E-state index < -0.39 is 11.6 Å². The zero-order chi connectivity index (χ0) is 12.6. The van der Waals surface area contributed by atoms with Crippen molar-refractivity contribution in [1.82, 2.24) is 0 Å². The van der Waals surface area contributed by atoms with E-state index >= 15 is 0 Å². The predicted molar refractivity (Wildman–Crippen MR) is 69.5 cm³/mol. The smallest absolute Gasteiger partial charge is 0.135 e. The second-order valence-corrected chi connectivity index (χ2v) is 5.19. The number of rotatable bonds is 1. The third kappa shape index (κ3) is 2.79. The maximum absolute atomic E-state index is 13.7. The van der Waals surface area contributed by atoms with Crippen molar-refractivity contribution in [3.8, 4) is 11.1 Å². The van der Waals surface area contributed by atoms with Gasteiger partial charge in [0.2, 0.25) is 0 Å². The van der Waals surface area contributed by atoms with Gasteiger partial charge >= 0.3 is 0 Å². The van der Waals surface area contributed by atoms with Gasteiger partial charge in [-0.15, -0.1) is 0 Å². The summed E-state index contributed by atoms with van der Waals surface area (Å²) in [5, 5.41) is 0.656. The van der Waals surface area contributed by atoms with Crippen LogP contribution >= 0.6 is 39.1 Å². The SMILES string of the molecule is Fc1cc(Br)cc(F)c1-c1cc(Cl)cc(Cl)c1. The Morgan fingerprint density at radius 3 is 1.76 bits per heavy atom. The minimum atomic E-state index is -0.671. The zero-order valence-corrected chi connectivity index (χ0v) is 11.4. The van der Waals surface area contributed by atoms with Gasteiger partial charge in [0.25, 0.3) is 0 Å². The highest BCUT2D eigenvalue weighted by atomic mass is 79.9. The molecule has 2 rings (SSSR count). The summed E-state index contributed by atoms with van der Waals surface area (Å²) in [4.78, 5) is 0. The van der Waals surface area contributed by atoms with E-state index in [0.717, 1.165) is 0 Å². The normalized spacial score (nSPS) is 10.6. The number of hydrogen-bond acceptors (Lipinski definition) is 0. The third-order valence-electron chi connectivity index (χ3n) is 2.16. The summed E-state index contributed by atoms with van der Waals surface area (Å²) < 4.78 is 27.7. The largest absolute Gasteiger partial charge is 0.206 e. The molecule has 0 heterocycles. The molecule has 17 heavy (non-hydrogen) atoms. The molecule has 0 bridgehead atoms. The second-order valence-electron chi connectivity index (χ2n) is 3.40. The van der Waals surface area contributed by atoms with Crippen LogP contribution in [0.25, 0.3) is 11.1 Å². The topological polar surface area (TPSA) is 0 Å². The summed E-state index contributed by atoms with van der Waals surface area (Å²) in [6.07, 6.45) is 0. The fraction of sp³-hybridized carbons (Fsp3) is 0. The Kier molecular flexibility index (Phi) is 3.71. The third-order valence-corrected chi connectivity index (χ3v) is 3.05. The van der Waals surface area contributed by atoms with Crippen LogP contribution < -0.4 is 0 Å². The molecule has 0 atom stereocenters. The van der Waals surface area contributed by atoms with Crippen LogP contribution in [0.4, 0.5) is 8.78 Å². The quantitative estimate of drug-likeness (QED) is 0.626. The fourth-order valence-electron chi connectivity index (χ4n) is 1.52. The Labute approximate surface area is 115 Å². The lowest BCUT2D eigenvalue weighted by molar-refractivity contribution is 0.588. The van der Waals surface area contributed by atoms with E-state index in [4.69, 9.17) is 23.2 Å². The van der Waals surface area contributed by atoms with E-state index in [1.54, 1.807) is 0 Å². The highest BCUT2D eigenvalue weighted by Crippen LogP contribution is 2.32. The van der Waals surface area contributed by atoms with Crippen molar-refractivity contribution < 1.29 is 8.78 Å². The molecule has 0 aromatic heterocycles. The minimum Gasteiger partial charge on any atom is -0.206 e. The maximum atomic E-state index is 13.7. The van der Waals surface area contributed by atoms with Gasteiger partial charge in [-0.25, -0.2) is 8.78 Å². The molecule has 5 heteroatoms. The van der Waals surface area contributed by atoms with Gasteiger partial charge in [0.15, 0.2) is 0 Å². The molecule has 0 nitrogen and oxygen atoms in total. The van der Waals surface area contributed by atoms with Gasteiger partial charge in [-0.3, -0.25) is 0 Å². The number of hydrogen-bond donors (Lipinski definition) is 0. The molecule has 0 spiro atoms.